The van der Waals surface area contributed by atoms with Crippen LogP contribution in [0.15, 0.2) is 121 Å². The first kappa shape index (κ1) is 21.0. The second kappa shape index (κ2) is 9.26. The smallest absolute Gasteiger partial charge is 0.0480 e. The van der Waals surface area contributed by atoms with Gasteiger partial charge in [0.15, 0.2) is 0 Å². The molecule has 0 radical (unpaired) electrons. The summed E-state index contributed by atoms with van der Waals surface area (Å²) in [6.07, 6.45) is 2.00. The first-order valence-corrected chi connectivity index (χ1v) is 11.8. The van der Waals surface area contributed by atoms with E-state index in [2.05, 4.69) is 140 Å². The number of hydrogen-bond acceptors (Lipinski definition) is 0. The summed E-state index contributed by atoms with van der Waals surface area (Å²) < 4.78 is 0. The molecule has 0 saturated heterocycles. The van der Waals surface area contributed by atoms with Gasteiger partial charge in [0.25, 0.3) is 0 Å². The average molecular weight is 426 g/mol. The highest BCUT2D eigenvalue weighted by atomic mass is 31.0. The van der Waals surface area contributed by atoms with Crippen molar-refractivity contribution < 1.29 is 0 Å². The van der Waals surface area contributed by atoms with Crippen LogP contribution in [-0.2, 0) is 10.6 Å². The second-order valence-corrected chi connectivity index (χ2v) is 9.16. The van der Waals surface area contributed by atoms with Crippen molar-refractivity contribution in [2.45, 2.75) is 17.0 Å². The molecule has 0 amide bonds. The normalized spacial score (nSPS) is 11.9. The van der Waals surface area contributed by atoms with Gasteiger partial charge in [-0.2, -0.15) is 0 Å². The maximum absolute atomic E-state index is 3.30. The summed E-state index contributed by atoms with van der Waals surface area (Å²) in [5.74, 6) is 0. The lowest BCUT2D eigenvalue weighted by atomic mass is 9.59. The van der Waals surface area contributed by atoms with E-state index in [1.165, 1.54) is 22.3 Å². The number of hydrogen-bond donors (Lipinski definition) is 0. The Bertz CT molecular complexity index is 966. The first-order valence-electron chi connectivity index (χ1n) is 10.4. The summed E-state index contributed by atoms with van der Waals surface area (Å²) in [5, 5.41) is -0.338. The molecule has 0 aliphatic heterocycles. The van der Waals surface area contributed by atoms with Crippen LogP contribution in [0.1, 0.15) is 28.7 Å². The highest BCUT2D eigenvalue weighted by molar-refractivity contribution is 7.19. The van der Waals surface area contributed by atoms with Gasteiger partial charge >= 0.3 is 0 Å². The van der Waals surface area contributed by atoms with E-state index in [0.29, 0.717) is 0 Å². The average Bonchev–Trinajstić information content (AvgIpc) is 2.84. The largest absolute Gasteiger partial charge is 0.138 e. The van der Waals surface area contributed by atoms with E-state index >= 15 is 0 Å². The molecule has 2 unspecified atom stereocenters. The van der Waals surface area contributed by atoms with E-state index in [1.54, 1.807) is 0 Å². The molecule has 30 heavy (non-hydrogen) atoms. The van der Waals surface area contributed by atoms with Crippen LogP contribution in [0, 0.1) is 0 Å². The molecule has 0 aliphatic rings. The van der Waals surface area contributed by atoms with Gasteiger partial charge in [-0.05, 0) is 34.8 Å². The Labute approximate surface area is 185 Å². The molecule has 0 heterocycles. The summed E-state index contributed by atoms with van der Waals surface area (Å²) in [7, 11) is 6.27. The van der Waals surface area contributed by atoms with Gasteiger partial charge in [0, 0.05) is 10.6 Å². The second-order valence-electron chi connectivity index (χ2n) is 7.72. The molecule has 0 N–H and O–H groups in total. The third-order valence-corrected chi connectivity index (χ3v) is 7.63. The molecule has 0 saturated carbocycles. The summed E-state index contributed by atoms with van der Waals surface area (Å²) in [6, 6.07) is 43.9. The molecule has 0 spiro atoms. The van der Waals surface area contributed by atoms with Crippen LogP contribution >= 0.6 is 18.5 Å². The monoisotopic (exact) mass is 426 g/mol. The zero-order valence-corrected chi connectivity index (χ0v) is 19.4. The molecule has 4 rings (SSSR count). The van der Waals surface area contributed by atoms with Crippen molar-refractivity contribution in [3.05, 3.63) is 144 Å². The van der Waals surface area contributed by atoms with Crippen molar-refractivity contribution in [1.29, 1.82) is 0 Å². The molecule has 0 nitrogen and oxygen atoms in total. The van der Waals surface area contributed by atoms with E-state index in [9.17, 15) is 0 Å². The van der Waals surface area contributed by atoms with E-state index in [1.807, 2.05) is 0 Å². The van der Waals surface area contributed by atoms with E-state index < -0.39 is 0 Å². The summed E-state index contributed by atoms with van der Waals surface area (Å²) in [6.45, 7) is 0. The third kappa shape index (κ3) is 3.54. The maximum Gasteiger partial charge on any atom is 0.0480 e. The predicted octanol–water partition coefficient (Wildman–Crippen LogP) is 7.06. The van der Waals surface area contributed by atoms with Gasteiger partial charge in [0.2, 0.25) is 0 Å². The van der Waals surface area contributed by atoms with E-state index in [-0.39, 0.29) is 10.6 Å². The van der Waals surface area contributed by atoms with E-state index in [0.717, 1.165) is 12.6 Å². The van der Waals surface area contributed by atoms with Crippen molar-refractivity contribution in [3.8, 4) is 0 Å². The molecule has 0 aliphatic carbocycles. The van der Waals surface area contributed by atoms with Crippen LogP contribution < -0.4 is 0 Å². The quantitative estimate of drug-likeness (QED) is 0.278. The topological polar surface area (TPSA) is 0 Å². The Hall–Kier alpha value is -2.26. The fraction of sp³-hybridized carbons (Fsp3) is 0.143. The fourth-order valence-electron chi connectivity index (χ4n) is 4.83. The van der Waals surface area contributed by atoms with Crippen LogP contribution in [0.2, 0.25) is 0 Å². The highest BCUT2D eigenvalue weighted by Gasteiger charge is 2.52. The lowest BCUT2D eigenvalue weighted by molar-refractivity contribution is 0.404. The van der Waals surface area contributed by atoms with Crippen molar-refractivity contribution in [2.75, 3.05) is 6.16 Å². The minimum Gasteiger partial charge on any atom is -0.138 e. The molecule has 0 bridgehead atoms. The van der Waals surface area contributed by atoms with Crippen LogP contribution in [0.25, 0.3) is 0 Å². The van der Waals surface area contributed by atoms with Crippen LogP contribution in [-0.4, -0.2) is 6.16 Å². The lowest BCUT2D eigenvalue weighted by Gasteiger charge is -2.51. The predicted molar refractivity (Wildman–Crippen MR) is 136 cm³/mol. The minimum absolute atomic E-state index is 0.259. The first-order chi connectivity index (χ1) is 14.7. The van der Waals surface area contributed by atoms with Crippen molar-refractivity contribution >= 4 is 18.5 Å². The molecule has 0 aromatic heterocycles. The molecule has 150 valence electrons. The van der Waals surface area contributed by atoms with Crippen molar-refractivity contribution in [3.63, 3.8) is 0 Å². The van der Waals surface area contributed by atoms with Gasteiger partial charge in [-0.25, -0.2) is 0 Å². The molecule has 2 atom stereocenters. The molecule has 0 fully saturated rings. The maximum atomic E-state index is 3.30. The van der Waals surface area contributed by atoms with Crippen LogP contribution in [0.4, 0.5) is 0 Å². The SMILES string of the molecule is PCCC(c1ccccc1)(c1ccccc1)C(P)(c1ccccc1)c1ccccc1. The van der Waals surface area contributed by atoms with Crippen molar-refractivity contribution in [2.24, 2.45) is 0 Å². The molecule has 4 aromatic rings. The van der Waals surface area contributed by atoms with Gasteiger partial charge in [-0.1, -0.05) is 121 Å². The van der Waals surface area contributed by atoms with Crippen molar-refractivity contribution in [1.82, 2.24) is 0 Å². The van der Waals surface area contributed by atoms with Gasteiger partial charge < -0.3 is 0 Å². The minimum atomic E-state index is -0.338. The standard InChI is InChI=1S/C28H28P2/c29-22-21-27(23-13-5-1-6-14-23,24-15-7-2-8-16-24)28(30,25-17-9-3-10-18-25)26-19-11-4-12-20-26/h1-20H,21-22,29-30H2. The lowest BCUT2D eigenvalue weighted by Crippen LogP contribution is -2.47. The van der Waals surface area contributed by atoms with E-state index in [4.69, 9.17) is 0 Å². The van der Waals surface area contributed by atoms with Crippen LogP contribution in [0.3, 0.4) is 0 Å². The third-order valence-electron chi connectivity index (χ3n) is 6.18. The molecule has 2 heteroatoms. The summed E-state index contributed by atoms with van der Waals surface area (Å²) in [5.41, 5.74) is 5.01. The van der Waals surface area contributed by atoms with Gasteiger partial charge in [-0.15, -0.1) is 18.5 Å². The fourth-order valence-corrected chi connectivity index (χ4v) is 6.13. The number of rotatable bonds is 7. The molecule has 4 aromatic carbocycles. The molecular formula is C28H28P2. The number of benzene rings is 4. The summed E-state index contributed by atoms with van der Waals surface area (Å²) in [4.78, 5) is 0. The Morgan fingerprint density at radius 1 is 0.467 bits per heavy atom. The van der Waals surface area contributed by atoms with Crippen LogP contribution in [0.5, 0.6) is 0 Å². The Kier molecular flexibility index (Phi) is 6.48. The zero-order chi connectivity index (χ0) is 20.9. The zero-order valence-electron chi connectivity index (χ0n) is 17.1. The molecular weight excluding hydrogens is 398 g/mol. The Morgan fingerprint density at radius 2 is 0.767 bits per heavy atom. The van der Waals surface area contributed by atoms with Gasteiger partial charge in [0.1, 0.15) is 0 Å². The Balaban J connectivity index is 2.14. The Morgan fingerprint density at radius 3 is 1.07 bits per heavy atom. The highest BCUT2D eigenvalue weighted by Crippen LogP contribution is 2.58. The van der Waals surface area contributed by atoms with Gasteiger partial charge in [0.05, 0.1) is 0 Å². The van der Waals surface area contributed by atoms with Gasteiger partial charge in [-0.3, -0.25) is 0 Å². The summed E-state index contributed by atoms with van der Waals surface area (Å²) >= 11 is 0.